The van der Waals surface area contributed by atoms with Gasteiger partial charge in [0.15, 0.2) is 5.54 Å². The van der Waals surface area contributed by atoms with E-state index in [1.807, 2.05) is 55.5 Å². The minimum Gasteiger partial charge on any atom is -0.493 e. The van der Waals surface area contributed by atoms with Crippen LogP contribution in [0, 0.1) is 17.2 Å². The van der Waals surface area contributed by atoms with Crippen LogP contribution in [0.5, 0.6) is 5.75 Å². The lowest BCUT2D eigenvalue weighted by Crippen LogP contribution is -2.46. The zero-order valence-corrected chi connectivity index (χ0v) is 13.2. The third-order valence-corrected chi connectivity index (χ3v) is 4.38. The summed E-state index contributed by atoms with van der Waals surface area (Å²) in [5.41, 5.74) is 1.02. The highest BCUT2D eigenvalue weighted by Gasteiger charge is 2.44. The van der Waals surface area contributed by atoms with Crippen LogP contribution in [0.2, 0.25) is 0 Å². The molecule has 0 saturated carbocycles. The summed E-state index contributed by atoms with van der Waals surface area (Å²) in [7, 11) is 0. The molecular weight excluding hydrogens is 328 g/mol. The average Bonchev–Trinajstić information content (AvgIpc) is 2.50. The molecule has 2 atom stereocenters. The Labute approximate surface area is 132 Å². The first-order chi connectivity index (χ1) is 10.2. The number of rotatable bonds is 2. The van der Waals surface area contributed by atoms with E-state index in [9.17, 15) is 5.26 Å². The maximum atomic E-state index is 9.91. The van der Waals surface area contributed by atoms with Crippen LogP contribution in [0.15, 0.2) is 53.0 Å². The number of ether oxygens (including phenoxy) is 1. The van der Waals surface area contributed by atoms with Crippen molar-refractivity contribution in [2.24, 2.45) is 5.92 Å². The van der Waals surface area contributed by atoms with Crippen LogP contribution < -0.4 is 10.1 Å². The molecule has 106 valence electrons. The quantitative estimate of drug-likeness (QED) is 0.884. The fourth-order valence-corrected chi connectivity index (χ4v) is 3.11. The lowest BCUT2D eigenvalue weighted by molar-refractivity contribution is 0.186. The first kappa shape index (κ1) is 14.0. The van der Waals surface area contributed by atoms with Gasteiger partial charge in [0.25, 0.3) is 0 Å². The molecule has 21 heavy (non-hydrogen) atoms. The Kier molecular flexibility index (Phi) is 3.60. The lowest BCUT2D eigenvalue weighted by atomic mass is 9.78. The SMILES string of the molecule is CC1COc2ccccc2C1(C#N)Nc1cccc(Br)c1. The van der Waals surface area contributed by atoms with Crippen molar-refractivity contribution in [1.29, 1.82) is 5.26 Å². The highest BCUT2D eigenvalue weighted by atomic mass is 79.9. The minimum atomic E-state index is -0.782. The molecule has 0 amide bonds. The molecule has 2 aromatic carbocycles. The average molecular weight is 343 g/mol. The molecule has 1 aliphatic rings. The number of hydrogen-bond donors (Lipinski definition) is 1. The highest BCUT2D eigenvalue weighted by molar-refractivity contribution is 9.10. The summed E-state index contributed by atoms with van der Waals surface area (Å²) in [6, 6.07) is 18.1. The summed E-state index contributed by atoms with van der Waals surface area (Å²) in [6.07, 6.45) is 0. The Hall–Kier alpha value is -1.99. The van der Waals surface area contributed by atoms with Crippen molar-refractivity contribution in [1.82, 2.24) is 0 Å². The van der Waals surface area contributed by atoms with Crippen molar-refractivity contribution in [2.75, 3.05) is 11.9 Å². The molecule has 0 saturated heterocycles. The van der Waals surface area contributed by atoms with Crippen LogP contribution in [0.25, 0.3) is 0 Å². The molecule has 0 aromatic heterocycles. The van der Waals surface area contributed by atoms with Crippen molar-refractivity contribution in [2.45, 2.75) is 12.5 Å². The number of fused-ring (bicyclic) bond motifs is 1. The summed E-state index contributed by atoms with van der Waals surface area (Å²) < 4.78 is 6.73. The van der Waals surface area contributed by atoms with Crippen LogP contribution in [0.3, 0.4) is 0 Å². The number of benzene rings is 2. The van der Waals surface area contributed by atoms with Crippen LogP contribution in [-0.4, -0.2) is 6.61 Å². The summed E-state index contributed by atoms with van der Waals surface area (Å²) in [4.78, 5) is 0. The summed E-state index contributed by atoms with van der Waals surface area (Å²) in [5.74, 6) is 0.816. The number of nitrogens with zero attached hydrogens (tertiary/aromatic N) is 1. The molecule has 1 aliphatic heterocycles. The largest absolute Gasteiger partial charge is 0.493 e. The predicted octanol–water partition coefficient (Wildman–Crippen LogP) is 4.31. The van der Waals surface area contributed by atoms with Gasteiger partial charge in [0.1, 0.15) is 5.75 Å². The monoisotopic (exact) mass is 342 g/mol. The lowest BCUT2D eigenvalue weighted by Gasteiger charge is -2.39. The van der Waals surface area contributed by atoms with E-state index >= 15 is 0 Å². The van der Waals surface area contributed by atoms with Crippen molar-refractivity contribution in [3.8, 4) is 11.8 Å². The molecule has 1 heterocycles. The zero-order valence-electron chi connectivity index (χ0n) is 11.6. The number of para-hydroxylation sites is 1. The van der Waals surface area contributed by atoms with E-state index in [0.29, 0.717) is 6.61 Å². The van der Waals surface area contributed by atoms with Crippen LogP contribution in [0.4, 0.5) is 5.69 Å². The number of anilines is 1. The first-order valence-corrected chi connectivity index (χ1v) is 7.62. The molecule has 0 aliphatic carbocycles. The molecule has 3 rings (SSSR count). The fraction of sp³-hybridized carbons (Fsp3) is 0.235. The third kappa shape index (κ3) is 2.38. The second-order valence-electron chi connectivity index (χ2n) is 5.26. The molecule has 3 nitrogen and oxygen atoms in total. The van der Waals surface area contributed by atoms with Gasteiger partial charge in [-0.3, -0.25) is 0 Å². The van der Waals surface area contributed by atoms with E-state index in [1.54, 1.807) is 0 Å². The molecular formula is C17H15BrN2O. The Morgan fingerprint density at radius 2 is 2.10 bits per heavy atom. The van der Waals surface area contributed by atoms with Crippen LogP contribution in [-0.2, 0) is 5.54 Å². The fourth-order valence-electron chi connectivity index (χ4n) is 2.71. The van der Waals surface area contributed by atoms with Gasteiger partial charge in [-0.1, -0.05) is 47.1 Å². The minimum absolute atomic E-state index is 0.0383. The standard InChI is InChI=1S/C17H15BrN2O/c1-12-10-21-16-8-3-2-7-15(16)17(12,11-19)20-14-6-4-5-13(18)9-14/h2-9,12,20H,10H2,1H3. The Bertz CT molecular complexity index is 710. The molecule has 0 radical (unpaired) electrons. The number of halogens is 1. The highest BCUT2D eigenvalue weighted by Crippen LogP contribution is 2.42. The van der Waals surface area contributed by atoms with Gasteiger partial charge in [-0.25, -0.2) is 0 Å². The van der Waals surface area contributed by atoms with E-state index in [4.69, 9.17) is 4.74 Å². The topological polar surface area (TPSA) is 45.0 Å². The van der Waals surface area contributed by atoms with Gasteiger partial charge in [0, 0.05) is 21.6 Å². The van der Waals surface area contributed by atoms with Gasteiger partial charge in [-0.2, -0.15) is 5.26 Å². The van der Waals surface area contributed by atoms with Gasteiger partial charge in [-0.05, 0) is 24.3 Å². The first-order valence-electron chi connectivity index (χ1n) is 6.83. The van der Waals surface area contributed by atoms with Crippen LogP contribution in [0.1, 0.15) is 12.5 Å². The Morgan fingerprint density at radius 3 is 2.86 bits per heavy atom. The van der Waals surface area contributed by atoms with Gasteiger partial charge < -0.3 is 10.1 Å². The molecule has 4 heteroatoms. The maximum Gasteiger partial charge on any atom is 0.160 e. The molecule has 0 bridgehead atoms. The predicted molar refractivity (Wildman–Crippen MR) is 86.2 cm³/mol. The Balaban J connectivity index is 2.09. The number of nitrogens with one attached hydrogen (secondary N) is 1. The molecule has 0 spiro atoms. The van der Waals surface area contributed by atoms with Crippen molar-refractivity contribution < 1.29 is 4.74 Å². The zero-order chi connectivity index (χ0) is 14.9. The second-order valence-corrected chi connectivity index (χ2v) is 6.18. The smallest absolute Gasteiger partial charge is 0.160 e. The van der Waals surface area contributed by atoms with Gasteiger partial charge in [0.05, 0.1) is 12.7 Å². The van der Waals surface area contributed by atoms with Crippen LogP contribution >= 0.6 is 15.9 Å². The number of hydrogen-bond acceptors (Lipinski definition) is 3. The van der Waals surface area contributed by atoms with E-state index in [-0.39, 0.29) is 5.92 Å². The molecule has 2 unspecified atom stereocenters. The van der Waals surface area contributed by atoms with Crippen molar-refractivity contribution in [3.63, 3.8) is 0 Å². The van der Waals surface area contributed by atoms with E-state index in [1.165, 1.54) is 0 Å². The van der Waals surface area contributed by atoms with E-state index < -0.39 is 5.54 Å². The normalized spacial score (nSPS) is 23.6. The van der Waals surface area contributed by atoms with E-state index in [2.05, 4.69) is 27.3 Å². The molecule has 0 fully saturated rings. The number of nitriles is 1. The molecule has 2 aromatic rings. The van der Waals surface area contributed by atoms with E-state index in [0.717, 1.165) is 21.5 Å². The Morgan fingerprint density at radius 1 is 1.29 bits per heavy atom. The van der Waals surface area contributed by atoms with Gasteiger partial charge in [0.2, 0.25) is 0 Å². The van der Waals surface area contributed by atoms with Gasteiger partial charge >= 0.3 is 0 Å². The molecule has 1 N–H and O–H groups in total. The third-order valence-electron chi connectivity index (χ3n) is 3.88. The summed E-state index contributed by atoms with van der Waals surface area (Å²) in [6.45, 7) is 2.55. The van der Waals surface area contributed by atoms with Crippen molar-refractivity contribution >= 4 is 21.6 Å². The van der Waals surface area contributed by atoms with Gasteiger partial charge in [-0.15, -0.1) is 0 Å². The summed E-state index contributed by atoms with van der Waals surface area (Å²) in [5, 5.41) is 13.3. The van der Waals surface area contributed by atoms with Crippen molar-refractivity contribution in [3.05, 3.63) is 58.6 Å². The second kappa shape index (κ2) is 5.42. The maximum absolute atomic E-state index is 9.91. The summed E-state index contributed by atoms with van der Waals surface area (Å²) >= 11 is 3.47.